The van der Waals surface area contributed by atoms with E-state index in [2.05, 4.69) is 15.4 Å². The third kappa shape index (κ3) is 5.46. The van der Waals surface area contributed by atoms with Crippen molar-refractivity contribution in [3.8, 4) is 5.75 Å². The number of methoxy groups -OCH3 is 1. The first-order valence-electron chi connectivity index (χ1n) is 10.9. The van der Waals surface area contributed by atoms with Gasteiger partial charge in [0.05, 0.1) is 26.4 Å². The molecular weight excluding hydrogens is 418 g/mol. The van der Waals surface area contributed by atoms with Crippen molar-refractivity contribution < 1.29 is 9.53 Å². The molecule has 0 aliphatic rings. The summed E-state index contributed by atoms with van der Waals surface area (Å²) in [6.45, 7) is 3.33. The summed E-state index contributed by atoms with van der Waals surface area (Å²) in [6.07, 6.45) is 4.15. The van der Waals surface area contributed by atoms with E-state index in [4.69, 9.17) is 4.74 Å². The average Bonchev–Trinajstić information content (AvgIpc) is 3.25. The van der Waals surface area contributed by atoms with Gasteiger partial charge in [-0.2, -0.15) is 5.10 Å². The van der Waals surface area contributed by atoms with Crippen LogP contribution < -0.4 is 15.6 Å². The second-order valence-corrected chi connectivity index (χ2v) is 7.97. The first-order chi connectivity index (χ1) is 16.0. The van der Waals surface area contributed by atoms with Crippen LogP contribution in [0.25, 0.3) is 11.0 Å². The van der Waals surface area contributed by atoms with Gasteiger partial charge in [-0.05, 0) is 36.6 Å². The van der Waals surface area contributed by atoms with Crippen molar-refractivity contribution in [1.29, 1.82) is 0 Å². The van der Waals surface area contributed by atoms with Crippen LogP contribution in [0.3, 0.4) is 0 Å². The maximum Gasteiger partial charge on any atom is 0.264 e. The van der Waals surface area contributed by atoms with Crippen molar-refractivity contribution in [3.05, 3.63) is 88.1 Å². The van der Waals surface area contributed by atoms with Crippen LogP contribution in [0.15, 0.2) is 65.8 Å². The fourth-order valence-electron chi connectivity index (χ4n) is 3.60. The fraction of sp³-hybridized carbons (Fsp3) is 0.280. The molecule has 4 aromatic rings. The summed E-state index contributed by atoms with van der Waals surface area (Å²) in [5.74, 6) is 0.765. The van der Waals surface area contributed by atoms with Gasteiger partial charge >= 0.3 is 0 Å². The summed E-state index contributed by atoms with van der Waals surface area (Å²) in [6, 6.07) is 15.7. The van der Waals surface area contributed by atoms with E-state index in [1.807, 2.05) is 55.5 Å². The summed E-state index contributed by atoms with van der Waals surface area (Å²) < 4.78 is 8.38. The van der Waals surface area contributed by atoms with E-state index >= 15 is 0 Å². The number of nitrogens with one attached hydrogen (secondary N) is 1. The third-order valence-corrected chi connectivity index (χ3v) is 5.54. The number of ether oxygens (including phenoxy) is 1. The maximum absolute atomic E-state index is 12.8. The first kappa shape index (κ1) is 22.3. The molecule has 4 rings (SSSR count). The van der Waals surface area contributed by atoms with Crippen LogP contribution in [0.2, 0.25) is 0 Å². The number of rotatable bonds is 9. The number of aryl methyl sites for hydroxylation is 2. The molecule has 2 heterocycles. The van der Waals surface area contributed by atoms with E-state index in [1.54, 1.807) is 28.9 Å². The highest BCUT2D eigenvalue weighted by Gasteiger charge is 2.11. The molecule has 0 atom stereocenters. The molecule has 8 nitrogen and oxygen atoms in total. The number of fused-ring (bicyclic) bond motifs is 1. The third-order valence-electron chi connectivity index (χ3n) is 5.54. The van der Waals surface area contributed by atoms with Gasteiger partial charge in [-0.25, -0.2) is 9.67 Å². The minimum atomic E-state index is -0.129. The van der Waals surface area contributed by atoms with Gasteiger partial charge in [0.15, 0.2) is 5.65 Å². The molecule has 1 amide bonds. The minimum absolute atomic E-state index is 0.0318. The van der Waals surface area contributed by atoms with Crippen molar-refractivity contribution >= 4 is 16.9 Å². The fourth-order valence-corrected chi connectivity index (χ4v) is 3.60. The van der Waals surface area contributed by atoms with E-state index in [9.17, 15) is 9.59 Å². The smallest absolute Gasteiger partial charge is 0.264 e. The quantitative estimate of drug-likeness (QED) is 0.428. The zero-order valence-electron chi connectivity index (χ0n) is 18.8. The largest absolute Gasteiger partial charge is 0.497 e. The van der Waals surface area contributed by atoms with E-state index in [1.165, 1.54) is 5.56 Å². The van der Waals surface area contributed by atoms with Crippen LogP contribution in [0.4, 0.5) is 0 Å². The number of amides is 1. The number of nitrogens with zero attached hydrogens (tertiary/aromatic N) is 4. The Hall–Kier alpha value is -3.94. The van der Waals surface area contributed by atoms with Gasteiger partial charge in [-0.3, -0.25) is 14.2 Å². The zero-order chi connectivity index (χ0) is 23.2. The highest BCUT2D eigenvalue weighted by molar-refractivity contribution is 5.76. The molecule has 0 spiro atoms. The van der Waals surface area contributed by atoms with Gasteiger partial charge in [0.1, 0.15) is 17.5 Å². The molecule has 0 saturated heterocycles. The summed E-state index contributed by atoms with van der Waals surface area (Å²) in [5, 5.41) is 7.67. The lowest BCUT2D eigenvalue weighted by Gasteiger charge is -2.08. The summed E-state index contributed by atoms with van der Waals surface area (Å²) >= 11 is 0. The number of aromatic nitrogens is 4. The molecule has 2 aromatic carbocycles. The van der Waals surface area contributed by atoms with Crippen LogP contribution in [0, 0.1) is 6.92 Å². The number of carbonyl (C=O) groups excluding carboxylic acids is 1. The Morgan fingerprint density at radius 3 is 2.52 bits per heavy atom. The number of hydrogen-bond acceptors (Lipinski definition) is 5. The Labute approximate surface area is 191 Å². The van der Waals surface area contributed by atoms with E-state index in [0.29, 0.717) is 43.5 Å². The Morgan fingerprint density at radius 2 is 1.79 bits per heavy atom. The maximum atomic E-state index is 12.8. The molecule has 0 fully saturated rings. The number of benzene rings is 2. The van der Waals surface area contributed by atoms with Crippen LogP contribution in [0.1, 0.15) is 23.1 Å². The topological polar surface area (TPSA) is 91.0 Å². The summed E-state index contributed by atoms with van der Waals surface area (Å²) in [7, 11) is 1.63. The second kappa shape index (κ2) is 10.1. The standard InChI is InChI=1S/C25H27N5O3/c1-18-3-5-20(6-4-18)16-29-17-27-24-22(25(29)32)15-28-30(24)14-13-26-23(31)12-9-19-7-10-21(33-2)11-8-19/h3-8,10-11,15,17H,9,12-14,16H2,1-2H3,(H,26,31). The Morgan fingerprint density at radius 1 is 1.06 bits per heavy atom. The predicted octanol–water partition coefficient (Wildman–Crippen LogP) is 2.71. The van der Waals surface area contributed by atoms with E-state index in [0.717, 1.165) is 16.9 Å². The van der Waals surface area contributed by atoms with Crippen molar-refractivity contribution in [2.75, 3.05) is 13.7 Å². The summed E-state index contributed by atoms with van der Waals surface area (Å²) in [5.41, 5.74) is 3.68. The Kier molecular flexibility index (Phi) is 6.83. The van der Waals surface area contributed by atoms with Crippen molar-refractivity contribution in [1.82, 2.24) is 24.6 Å². The lowest BCUT2D eigenvalue weighted by molar-refractivity contribution is -0.121. The molecule has 2 aromatic heterocycles. The molecule has 0 aliphatic heterocycles. The van der Waals surface area contributed by atoms with Crippen LogP contribution in [-0.2, 0) is 24.3 Å². The van der Waals surface area contributed by atoms with Gasteiger partial charge in [0.25, 0.3) is 5.56 Å². The average molecular weight is 446 g/mol. The molecule has 1 N–H and O–H groups in total. The molecule has 0 radical (unpaired) electrons. The normalized spacial score (nSPS) is 11.0. The highest BCUT2D eigenvalue weighted by atomic mass is 16.5. The van der Waals surface area contributed by atoms with Gasteiger partial charge in [-0.1, -0.05) is 42.0 Å². The molecule has 0 unspecified atom stereocenters. The van der Waals surface area contributed by atoms with Crippen molar-refractivity contribution in [3.63, 3.8) is 0 Å². The molecule has 0 aliphatic carbocycles. The highest BCUT2D eigenvalue weighted by Crippen LogP contribution is 2.12. The molecule has 33 heavy (non-hydrogen) atoms. The molecule has 0 saturated carbocycles. The molecule has 8 heteroatoms. The first-order valence-corrected chi connectivity index (χ1v) is 10.9. The van der Waals surface area contributed by atoms with E-state index < -0.39 is 0 Å². The van der Waals surface area contributed by atoms with Crippen LogP contribution in [-0.4, -0.2) is 38.9 Å². The molecular formula is C25H27N5O3. The van der Waals surface area contributed by atoms with Gasteiger partial charge in [0, 0.05) is 13.0 Å². The van der Waals surface area contributed by atoms with E-state index in [-0.39, 0.29) is 11.5 Å². The summed E-state index contributed by atoms with van der Waals surface area (Å²) in [4.78, 5) is 29.5. The predicted molar refractivity (Wildman–Crippen MR) is 126 cm³/mol. The zero-order valence-corrected chi connectivity index (χ0v) is 18.8. The molecule has 170 valence electrons. The SMILES string of the molecule is COc1ccc(CCC(=O)NCCn2ncc3c(=O)n(Cc4ccc(C)cc4)cnc32)cc1. The number of carbonyl (C=O) groups is 1. The monoisotopic (exact) mass is 445 g/mol. The Balaban J connectivity index is 1.32. The van der Waals surface area contributed by atoms with Gasteiger partial charge in [-0.15, -0.1) is 0 Å². The van der Waals surface area contributed by atoms with Gasteiger partial charge < -0.3 is 10.1 Å². The lowest BCUT2D eigenvalue weighted by Crippen LogP contribution is -2.28. The lowest BCUT2D eigenvalue weighted by atomic mass is 10.1. The minimum Gasteiger partial charge on any atom is -0.497 e. The van der Waals surface area contributed by atoms with Gasteiger partial charge in [0.2, 0.25) is 5.91 Å². The van der Waals surface area contributed by atoms with Crippen molar-refractivity contribution in [2.24, 2.45) is 0 Å². The van der Waals surface area contributed by atoms with Crippen LogP contribution in [0.5, 0.6) is 5.75 Å². The number of hydrogen-bond donors (Lipinski definition) is 1. The Bertz CT molecular complexity index is 1290. The molecule has 0 bridgehead atoms. The van der Waals surface area contributed by atoms with Crippen LogP contribution >= 0.6 is 0 Å². The van der Waals surface area contributed by atoms with Crippen molar-refractivity contribution in [2.45, 2.75) is 32.9 Å². The second-order valence-electron chi connectivity index (χ2n) is 7.97.